The summed E-state index contributed by atoms with van der Waals surface area (Å²) in [5.41, 5.74) is 3.28. The third-order valence-corrected chi connectivity index (χ3v) is 3.37. The van der Waals surface area contributed by atoms with Crippen molar-refractivity contribution in [3.63, 3.8) is 0 Å². The van der Waals surface area contributed by atoms with E-state index < -0.39 is 0 Å². The highest BCUT2D eigenvalue weighted by molar-refractivity contribution is 5.91. The van der Waals surface area contributed by atoms with E-state index in [4.69, 9.17) is 4.74 Å². The quantitative estimate of drug-likeness (QED) is 0.782. The topological polar surface area (TPSA) is 38.3 Å². The summed E-state index contributed by atoms with van der Waals surface area (Å²) < 4.78 is 5.53. The molecule has 0 radical (unpaired) electrons. The molecule has 2 aromatic rings. The number of rotatable bonds is 7. The molecule has 23 heavy (non-hydrogen) atoms. The molecule has 0 unspecified atom stereocenters. The van der Waals surface area contributed by atoms with Crippen LogP contribution in [0.5, 0.6) is 5.75 Å². The fraction of sp³-hybridized carbons (Fsp3) is 0.250. The molecule has 0 aromatic heterocycles. The molecule has 0 aliphatic rings. The monoisotopic (exact) mass is 309 g/mol. The first kappa shape index (κ1) is 16.8. The molecule has 0 spiro atoms. The normalized spacial score (nSPS) is 10.7. The van der Waals surface area contributed by atoms with Gasteiger partial charge in [0.05, 0.1) is 6.61 Å². The second-order valence-electron chi connectivity index (χ2n) is 5.45. The van der Waals surface area contributed by atoms with Gasteiger partial charge in [-0.15, -0.1) is 0 Å². The van der Waals surface area contributed by atoms with Gasteiger partial charge >= 0.3 is 0 Å². The SMILES string of the molecule is CCCOc1ccc(/C=C/C(=O)NCc2ccc(C)cc2)cc1. The molecule has 3 nitrogen and oxygen atoms in total. The van der Waals surface area contributed by atoms with Crippen molar-refractivity contribution in [2.24, 2.45) is 0 Å². The van der Waals surface area contributed by atoms with Crippen LogP contribution in [-0.4, -0.2) is 12.5 Å². The van der Waals surface area contributed by atoms with E-state index in [1.807, 2.05) is 55.5 Å². The average Bonchev–Trinajstić information content (AvgIpc) is 2.58. The van der Waals surface area contributed by atoms with Gasteiger partial charge < -0.3 is 10.1 Å². The van der Waals surface area contributed by atoms with Crippen molar-refractivity contribution in [1.29, 1.82) is 0 Å². The zero-order chi connectivity index (χ0) is 16.5. The molecule has 0 aliphatic carbocycles. The van der Waals surface area contributed by atoms with Gasteiger partial charge in [-0.05, 0) is 42.7 Å². The fourth-order valence-corrected chi connectivity index (χ4v) is 2.02. The molecule has 1 amide bonds. The van der Waals surface area contributed by atoms with Gasteiger partial charge in [-0.1, -0.05) is 48.9 Å². The number of amides is 1. The molecular formula is C20H23NO2. The van der Waals surface area contributed by atoms with Crippen LogP contribution >= 0.6 is 0 Å². The predicted octanol–water partition coefficient (Wildman–Crippen LogP) is 4.11. The van der Waals surface area contributed by atoms with Gasteiger partial charge in [-0.3, -0.25) is 4.79 Å². The molecule has 1 N–H and O–H groups in total. The zero-order valence-corrected chi connectivity index (χ0v) is 13.7. The second kappa shape index (κ2) is 8.79. The van der Waals surface area contributed by atoms with E-state index in [1.54, 1.807) is 12.2 Å². The van der Waals surface area contributed by atoms with Gasteiger partial charge in [0.2, 0.25) is 5.91 Å². The van der Waals surface area contributed by atoms with Crippen molar-refractivity contribution in [2.75, 3.05) is 6.61 Å². The number of hydrogen-bond donors (Lipinski definition) is 1. The first-order chi connectivity index (χ1) is 11.2. The van der Waals surface area contributed by atoms with Crippen LogP contribution in [0.3, 0.4) is 0 Å². The lowest BCUT2D eigenvalue weighted by atomic mass is 10.1. The van der Waals surface area contributed by atoms with Crippen molar-refractivity contribution in [3.05, 3.63) is 71.3 Å². The molecular weight excluding hydrogens is 286 g/mol. The van der Waals surface area contributed by atoms with Crippen LogP contribution in [-0.2, 0) is 11.3 Å². The van der Waals surface area contributed by atoms with Crippen molar-refractivity contribution in [3.8, 4) is 5.75 Å². The molecule has 0 aliphatic heterocycles. The smallest absolute Gasteiger partial charge is 0.244 e. The lowest BCUT2D eigenvalue weighted by Gasteiger charge is -2.04. The molecule has 0 bridgehead atoms. The van der Waals surface area contributed by atoms with Gasteiger partial charge in [0.1, 0.15) is 5.75 Å². The van der Waals surface area contributed by atoms with E-state index in [0.717, 1.165) is 29.9 Å². The molecule has 0 heterocycles. The molecule has 2 rings (SSSR count). The highest BCUT2D eigenvalue weighted by atomic mass is 16.5. The number of carbonyl (C=O) groups is 1. The second-order valence-corrected chi connectivity index (χ2v) is 5.45. The first-order valence-corrected chi connectivity index (χ1v) is 7.91. The summed E-state index contributed by atoms with van der Waals surface area (Å²) >= 11 is 0. The van der Waals surface area contributed by atoms with Crippen LogP contribution in [0.1, 0.15) is 30.0 Å². The van der Waals surface area contributed by atoms with Gasteiger partial charge in [-0.25, -0.2) is 0 Å². The third-order valence-electron chi connectivity index (χ3n) is 3.37. The maximum absolute atomic E-state index is 11.8. The van der Waals surface area contributed by atoms with E-state index in [2.05, 4.69) is 12.2 Å². The Bertz CT molecular complexity index is 642. The lowest BCUT2D eigenvalue weighted by molar-refractivity contribution is -0.116. The van der Waals surface area contributed by atoms with E-state index in [9.17, 15) is 4.79 Å². The Hall–Kier alpha value is -2.55. The van der Waals surface area contributed by atoms with Crippen molar-refractivity contribution >= 4 is 12.0 Å². The summed E-state index contributed by atoms with van der Waals surface area (Å²) in [6.45, 7) is 5.37. The maximum atomic E-state index is 11.8. The molecule has 0 atom stereocenters. The minimum absolute atomic E-state index is 0.100. The lowest BCUT2D eigenvalue weighted by Crippen LogP contribution is -2.20. The summed E-state index contributed by atoms with van der Waals surface area (Å²) in [5, 5.41) is 2.88. The zero-order valence-electron chi connectivity index (χ0n) is 13.7. The number of carbonyl (C=O) groups excluding carboxylic acids is 1. The Morgan fingerprint density at radius 3 is 2.43 bits per heavy atom. The van der Waals surface area contributed by atoms with Gasteiger partial charge in [0.25, 0.3) is 0 Å². The summed E-state index contributed by atoms with van der Waals surface area (Å²) in [6.07, 6.45) is 4.34. The number of nitrogens with one attached hydrogen (secondary N) is 1. The maximum Gasteiger partial charge on any atom is 0.244 e. The van der Waals surface area contributed by atoms with Crippen LogP contribution < -0.4 is 10.1 Å². The highest BCUT2D eigenvalue weighted by Gasteiger charge is 1.97. The Balaban J connectivity index is 1.82. The summed E-state index contributed by atoms with van der Waals surface area (Å²) in [5.74, 6) is 0.754. The highest BCUT2D eigenvalue weighted by Crippen LogP contribution is 2.13. The van der Waals surface area contributed by atoms with Crippen LogP contribution in [0.25, 0.3) is 6.08 Å². The number of hydrogen-bond acceptors (Lipinski definition) is 2. The van der Waals surface area contributed by atoms with Crippen molar-refractivity contribution in [2.45, 2.75) is 26.8 Å². The summed E-state index contributed by atoms with van der Waals surface area (Å²) in [6, 6.07) is 15.8. The predicted molar refractivity (Wildman–Crippen MR) is 94.3 cm³/mol. The van der Waals surface area contributed by atoms with E-state index >= 15 is 0 Å². The standard InChI is InChI=1S/C20H23NO2/c1-3-14-23-19-11-8-17(9-12-19)10-13-20(22)21-15-18-6-4-16(2)5-7-18/h4-13H,3,14-15H2,1-2H3,(H,21,22)/b13-10+. The number of aryl methyl sites for hydroxylation is 1. The molecule has 3 heteroatoms. The first-order valence-electron chi connectivity index (χ1n) is 7.91. The van der Waals surface area contributed by atoms with Crippen molar-refractivity contribution < 1.29 is 9.53 Å². The Kier molecular flexibility index (Phi) is 6.42. The molecule has 2 aromatic carbocycles. The summed E-state index contributed by atoms with van der Waals surface area (Å²) in [7, 11) is 0. The van der Waals surface area contributed by atoms with Gasteiger partial charge in [-0.2, -0.15) is 0 Å². The van der Waals surface area contributed by atoms with Crippen LogP contribution in [0, 0.1) is 6.92 Å². The molecule has 0 saturated carbocycles. The number of benzene rings is 2. The van der Waals surface area contributed by atoms with Crippen LogP contribution in [0.4, 0.5) is 0 Å². The van der Waals surface area contributed by atoms with Gasteiger partial charge in [0, 0.05) is 12.6 Å². The number of ether oxygens (including phenoxy) is 1. The molecule has 0 fully saturated rings. The Morgan fingerprint density at radius 2 is 1.78 bits per heavy atom. The van der Waals surface area contributed by atoms with Crippen LogP contribution in [0.15, 0.2) is 54.6 Å². The minimum Gasteiger partial charge on any atom is -0.494 e. The van der Waals surface area contributed by atoms with E-state index in [-0.39, 0.29) is 5.91 Å². The third kappa shape index (κ3) is 5.99. The van der Waals surface area contributed by atoms with Crippen molar-refractivity contribution in [1.82, 2.24) is 5.32 Å². The largest absolute Gasteiger partial charge is 0.494 e. The fourth-order valence-electron chi connectivity index (χ4n) is 2.02. The van der Waals surface area contributed by atoms with E-state index in [0.29, 0.717) is 6.54 Å². The van der Waals surface area contributed by atoms with E-state index in [1.165, 1.54) is 5.56 Å². The van der Waals surface area contributed by atoms with Gasteiger partial charge in [0.15, 0.2) is 0 Å². The summed E-state index contributed by atoms with van der Waals surface area (Å²) in [4.78, 5) is 11.8. The average molecular weight is 309 g/mol. The molecule has 0 saturated heterocycles. The minimum atomic E-state index is -0.100. The Labute approximate surface area is 138 Å². The van der Waals surface area contributed by atoms with Crippen LogP contribution in [0.2, 0.25) is 0 Å². The Morgan fingerprint density at radius 1 is 1.09 bits per heavy atom. The molecule has 120 valence electrons.